The summed E-state index contributed by atoms with van der Waals surface area (Å²) in [5, 5.41) is 4.10. The molecule has 0 spiro atoms. The number of piperazine rings is 1. The maximum atomic E-state index is 14.1. The largest absolute Gasteiger partial charge is 0.497 e. The van der Waals surface area contributed by atoms with Gasteiger partial charge >= 0.3 is 0 Å². The minimum atomic E-state index is -0.211. The van der Waals surface area contributed by atoms with Gasteiger partial charge in [-0.2, -0.15) is 4.98 Å². The molecule has 35 heavy (non-hydrogen) atoms. The van der Waals surface area contributed by atoms with E-state index in [1.54, 1.807) is 19.2 Å². The number of carbonyl (C=O) groups is 1. The van der Waals surface area contributed by atoms with E-state index in [0.29, 0.717) is 50.1 Å². The third kappa shape index (κ3) is 5.30. The summed E-state index contributed by atoms with van der Waals surface area (Å²) < 4.78 is 24.7. The summed E-state index contributed by atoms with van der Waals surface area (Å²) in [6.07, 6.45) is 1.62. The normalized spacial score (nSPS) is 17.5. The Hall–Kier alpha value is -3.46. The van der Waals surface area contributed by atoms with Crippen molar-refractivity contribution < 1.29 is 18.4 Å². The van der Waals surface area contributed by atoms with Crippen molar-refractivity contribution >= 4 is 11.6 Å². The number of amides is 1. The van der Waals surface area contributed by atoms with Gasteiger partial charge in [-0.15, -0.1) is 0 Å². The molecule has 2 aromatic carbocycles. The van der Waals surface area contributed by atoms with Crippen LogP contribution in [-0.2, 0) is 11.3 Å². The maximum absolute atomic E-state index is 14.1. The third-order valence-corrected chi connectivity index (χ3v) is 6.90. The second-order valence-corrected chi connectivity index (χ2v) is 9.05. The Bertz CT molecular complexity index is 1140. The van der Waals surface area contributed by atoms with Crippen LogP contribution >= 0.6 is 0 Å². The number of benzene rings is 2. The molecule has 5 rings (SSSR count). The zero-order chi connectivity index (χ0) is 24.2. The molecular formula is C26H30FN5O3. The lowest BCUT2D eigenvalue weighted by molar-refractivity contribution is -0.137. The lowest BCUT2D eigenvalue weighted by Gasteiger charge is -2.39. The molecule has 0 bridgehead atoms. The van der Waals surface area contributed by atoms with Crippen molar-refractivity contribution in [3.63, 3.8) is 0 Å². The number of carbonyl (C=O) groups excluding carboxylic acids is 1. The van der Waals surface area contributed by atoms with Gasteiger partial charge in [0.05, 0.1) is 19.3 Å². The minimum absolute atomic E-state index is 0.0313. The zero-order valence-corrected chi connectivity index (χ0v) is 19.9. The van der Waals surface area contributed by atoms with Gasteiger partial charge in [-0.3, -0.25) is 9.69 Å². The fourth-order valence-corrected chi connectivity index (χ4v) is 4.84. The molecule has 1 amide bonds. The van der Waals surface area contributed by atoms with Crippen molar-refractivity contribution in [1.29, 1.82) is 0 Å². The number of halogens is 1. The molecule has 2 aliphatic heterocycles. The average Bonchev–Trinajstić information content (AvgIpc) is 3.38. The molecule has 0 radical (unpaired) electrons. The number of ether oxygens (including phenoxy) is 1. The van der Waals surface area contributed by atoms with Crippen LogP contribution in [0.1, 0.15) is 18.7 Å². The molecule has 2 fully saturated rings. The molecule has 0 aliphatic carbocycles. The van der Waals surface area contributed by atoms with Gasteiger partial charge in [0.2, 0.25) is 17.6 Å². The van der Waals surface area contributed by atoms with Gasteiger partial charge in [0.15, 0.2) is 0 Å². The van der Waals surface area contributed by atoms with Gasteiger partial charge in [-0.05, 0) is 62.3 Å². The second-order valence-electron chi connectivity index (χ2n) is 9.05. The van der Waals surface area contributed by atoms with Crippen molar-refractivity contribution in [3.05, 3.63) is 60.2 Å². The zero-order valence-electron chi connectivity index (χ0n) is 19.9. The molecule has 8 nitrogen and oxygen atoms in total. The number of hydrogen-bond donors (Lipinski definition) is 0. The van der Waals surface area contributed by atoms with E-state index < -0.39 is 0 Å². The number of piperidine rings is 1. The van der Waals surface area contributed by atoms with Crippen LogP contribution in [0.3, 0.4) is 0 Å². The Morgan fingerprint density at radius 3 is 2.43 bits per heavy atom. The SMILES string of the molecule is COc1ccc(-c2noc(CN3CCC(C(=O)N4CCN(c5ccccc5F)CC4)CC3)n2)cc1. The topological polar surface area (TPSA) is 74.9 Å². The van der Waals surface area contributed by atoms with E-state index in [9.17, 15) is 9.18 Å². The molecule has 3 heterocycles. The van der Waals surface area contributed by atoms with Crippen molar-refractivity contribution in [2.24, 2.45) is 5.92 Å². The first-order valence-electron chi connectivity index (χ1n) is 12.1. The van der Waals surface area contributed by atoms with Gasteiger partial charge in [0, 0.05) is 37.7 Å². The van der Waals surface area contributed by atoms with Crippen molar-refractivity contribution in [1.82, 2.24) is 19.9 Å². The molecule has 9 heteroatoms. The molecule has 0 N–H and O–H groups in total. The first-order valence-corrected chi connectivity index (χ1v) is 12.1. The Balaban J connectivity index is 1.09. The van der Waals surface area contributed by atoms with Crippen LogP contribution < -0.4 is 9.64 Å². The summed E-state index contributed by atoms with van der Waals surface area (Å²) in [6, 6.07) is 14.4. The molecule has 0 atom stereocenters. The van der Waals surface area contributed by atoms with Crippen molar-refractivity contribution in [2.45, 2.75) is 19.4 Å². The van der Waals surface area contributed by atoms with Gasteiger partial charge in [0.25, 0.3) is 0 Å². The molecule has 184 valence electrons. The number of methoxy groups -OCH3 is 1. The van der Waals surface area contributed by atoms with Gasteiger partial charge in [-0.25, -0.2) is 4.39 Å². The smallest absolute Gasteiger partial charge is 0.241 e. The first kappa shape index (κ1) is 23.3. The van der Waals surface area contributed by atoms with E-state index in [2.05, 4.69) is 15.0 Å². The molecule has 2 aliphatic rings. The van der Waals surface area contributed by atoms with Crippen molar-refractivity contribution in [2.75, 3.05) is 51.3 Å². The quantitative estimate of drug-likeness (QED) is 0.536. The highest BCUT2D eigenvalue weighted by Gasteiger charge is 2.31. The van der Waals surface area contributed by atoms with E-state index in [1.807, 2.05) is 40.1 Å². The monoisotopic (exact) mass is 479 g/mol. The Morgan fingerprint density at radius 2 is 1.74 bits per heavy atom. The summed E-state index contributed by atoms with van der Waals surface area (Å²) in [4.78, 5) is 23.8. The van der Waals surface area contributed by atoms with E-state index in [4.69, 9.17) is 9.26 Å². The van der Waals surface area contributed by atoms with Gasteiger partial charge in [0.1, 0.15) is 11.6 Å². The molecule has 0 unspecified atom stereocenters. The number of aromatic nitrogens is 2. The van der Waals surface area contributed by atoms with Gasteiger partial charge < -0.3 is 19.1 Å². The predicted octanol–water partition coefficient (Wildman–Crippen LogP) is 3.45. The minimum Gasteiger partial charge on any atom is -0.497 e. The summed E-state index contributed by atoms with van der Waals surface area (Å²) in [6.45, 7) is 4.76. The summed E-state index contributed by atoms with van der Waals surface area (Å²) in [5.41, 5.74) is 1.49. The highest BCUT2D eigenvalue weighted by Crippen LogP contribution is 2.25. The van der Waals surface area contributed by atoms with Crippen LogP contribution in [0.4, 0.5) is 10.1 Å². The average molecular weight is 480 g/mol. The van der Waals surface area contributed by atoms with E-state index in [1.165, 1.54) is 6.07 Å². The van der Waals surface area contributed by atoms with Crippen molar-refractivity contribution in [3.8, 4) is 17.1 Å². The van der Waals surface area contributed by atoms with Crippen LogP contribution in [-0.4, -0.2) is 72.2 Å². The van der Waals surface area contributed by atoms with E-state index >= 15 is 0 Å². The number of likely N-dealkylation sites (tertiary alicyclic amines) is 1. The fourth-order valence-electron chi connectivity index (χ4n) is 4.84. The lowest BCUT2D eigenvalue weighted by Crippen LogP contribution is -2.51. The molecule has 3 aromatic rings. The maximum Gasteiger partial charge on any atom is 0.241 e. The van der Waals surface area contributed by atoms with Crippen LogP contribution in [0, 0.1) is 11.7 Å². The fraction of sp³-hybridized carbons (Fsp3) is 0.423. The van der Waals surface area contributed by atoms with Crippen LogP contribution in [0.15, 0.2) is 53.1 Å². The number of rotatable bonds is 6. The number of nitrogens with zero attached hydrogens (tertiary/aromatic N) is 5. The standard InChI is InChI=1S/C26H30FN5O3/c1-34-21-8-6-19(7-9-21)25-28-24(35-29-25)18-30-12-10-20(11-13-30)26(33)32-16-14-31(15-17-32)23-5-3-2-4-22(23)27/h2-9,20H,10-18H2,1H3. The summed E-state index contributed by atoms with van der Waals surface area (Å²) >= 11 is 0. The second kappa shape index (κ2) is 10.4. The number of para-hydroxylation sites is 1. The molecule has 0 saturated carbocycles. The molecular weight excluding hydrogens is 449 g/mol. The van der Waals surface area contributed by atoms with Crippen LogP contribution in [0.5, 0.6) is 5.75 Å². The number of anilines is 1. The van der Waals surface area contributed by atoms with Gasteiger partial charge in [-0.1, -0.05) is 17.3 Å². The summed E-state index contributed by atoms with van der Waals surface area (Å²) in [7, 11) is 1.63. The van der Waals surface area contributed by atoms with E-state index in [-0.39, 0.29) is 17.6 Å². The number of hydrogen-bond acceptors (Lipinski definition) is 7. The van der Waals surface area contributed by atoms with E-state index in [0.717, 1.165) is 37.2 Å². The van der Waals surface area contributed by atoms with Crippen LogP contribution in [0.25, 0.3) is 11.4 Å². The van der Waals surface area contributed by atoms with Crippen LogP contribution in [0.2, 0.25) is 0 Å². The first-order chi connectivity index (χ1) is 17.1. The Kier molecular flexibility index (Phi) is 6.94. The summed E-state index contributed by atoms with van der Waals surface area (Å²) in [5.74, 6) is 1.95. The predicted molar refractivity (Wildman–Crippen MR) is 129 cm³/mol. The Labute approximate surface area is 204 Å². The highest BCUT2D eigenvalue weighted by atomic mass is 19.1. The highest BCUT2D eigenvalue weighted by molar-refractivity contribution is 5.79. The molecule has 1 aromatic heterocycles. The lowest BCUT2D eigenvalue weighted by atomic mass is 9.95. The molecule has 2 saturated heterocycles. The Morgan fingerprint density at radius 1 is 1.03 bits per heavy atom. The third-order valence-electron chi connectivity index (χ3n) is 6.90.